The molecule has 0 aliphatic carbocycles. The number of esters is 2. The van der Waals surface area contributed by atoms with Crippen LogP contribution in [0.4, 0.5) is 0 Å². The smallest absolute Gasteiger partial charge is 0.462 e. The van der Waals surface area contributed by atoms with E-state index in [0.717, 1.165) is 83.5 Å². The third kappa shape index (κ3) is 56.2. The first kappa shape index (κ1) is 68.9. The molecule has 414 valence electrons. The summed E-state index contributed by atoms with van der Waals surface area (Å²) in [6.45, 7) is 4.28. The monoisotopic (exact) mass is 1030 g/mol. The van der Waals surface area contributed by atoms with Crippen molar-refractivity contribution in [2.24, 2.45) is 0 Å². The van der Waals surface area contributed by atoms with Crippen LogP contribution in [0.2, 0.25) is 0 Å². The van der Waals surface area contributed by atoms with Crippen molar-refractivity contribution < 1.29 is 42.1 Å². The van der Waals surface area contributed by atoms with Crippen molar-refractivity contribution in [2.75, 3.05) is 47.5 Å². The quantitative estimate of drug-likeness (QED) is 0.0211. The molecule has 0 saturated heterocycles. The van der Waals surface area contributed by atoms with Gasteiger partial charge in [-0.2, -0.15) is 0 Å². The van der Waals surface area contributed by atoms with E-state index in [0.29, 0.717) is 17.4 Å². The Balaban J connectivity index is 4.27. The molecule has 2 unspecified atom stereocenters. The van der Waals surface area contributed by atoms with Gasteiger partial charge in [0.2, 0.25) is 0 Å². The largest absolute Gasteiger partial charge is 0.472 e. The van der Waals surface area contributed by atoms with Crippen LogP contribution in [0.15, 0.2) is 97.2 Å². The number of allylic oxidation sites excluding steroid dienone is 16. The van der Waals surface area contributed by atoms with Crippen LogP contribution in [0, 0.1) is 0 Å². The van der Waals surface area contributed by atoms with Crippen LogP contribution < -0.4 is 0 Å². The molecule has 0 aromatic heterocycles. The second-order valence-electron chi connectivity index (χ2n) is 20.3. The number of phosphoric ester groups is 1. The number of quaternary nitrogens is 1. The van der Waals surface area contributed by atoms with Gasteiger partial charge < -0.3 is 18.9 Å². The molecule has 0 rings (SSSR count). The van der Waals surface area contributed by atoms with Crippen LogP contribution in [0.5, 0.6) is 0 Å². The molecule has 0 amide bonds. The molecule has 0 aromatic rings. The molecule has 9 nitrogen and oxygen atoms in total. The molecule has 0 aromatic carbocycles. The lowest BCUT2D eigenvalue weighted by molar-refractivity contribution is -0.870. The highest BCUT2D eigenvalue weighted by molar-refractivity contribution is 7.47. The van der Waals surface area contributed by atoms with Gasteiger partial charge in [0, 0.05) is 12.8 Å². The fourth-order valence-corrected chi connectivity index (χ4v) is 8.38. The highest BCUT2D eigenvalue weighted by atomic mass is 31.2. The molecular weight excluding hydrogens is 918 g/mol. The maximum absolute atomic E-state index is 12.8. The van der Waals surface area contributed by atoms with Crippen molar-refractivity contribution in [3.63, 3.8) is 0 Å². The zero-order chi connectivity index (χ0) is 52.7. The van der Waals surface area contributed by atoms with E-state index in [1.165, 1.54) is 116 Å². The molecule has 0 aliphatic rings. The van der Waals surface area contributed by atoms with Crippen LogP contribution >= 0.6 is 7.82 Å². The first-order valence-electron chi connectivity index (χ1n) is 29.0. The lowest BCUT2D eigenvalue weighted by atomic mass is 10.0. The van der Waals surface area contributed by atoms with Crippen LogP contribution in [0.1, 0.15) is 232 Å². The van der Waals surface area contributed by atoms with Gasteiger partial charge in [-0.1, -0.05) is 220 Å². The first-order valence-corrected chi connectivity index (χ1v) is 30.5. The Morgan fingerprint density at radius 1 is 0.444 bits per heavy atom. The molecule has 0 saturated carbocycles. The lowest BCUT2D eigenvalue weighted by Crippen LogP contribution is -2.37. The number of carbonyl (C=O) groups excluding carboxylic acids is 2. The summed E-state index contributed by atoms with van der Waals surface area (Å²) in [6, 6.07) is 0. The number of likely N-dealkylation sites (N-methyl/N-ethyl adjacent to an activating group) is 1. The highest BCUT2D eigenvalue weighted by Gasteiger charge is 2.27. The van der Waals surface area contributed by atoms with Gasteiger partial charge >= 0.3 is 19.8 Å². The number of carbonyl (C=O) groups is 2. The number of phosphoric acid groups is 1. The zero-order valence-corrected chi connectivity index (χ0v) is 47.8. The summed E-state index contributed by atoms with van der Waals surface area (Å²) in [5, 5.41) is 0. The summed E-state index contributed by atoms with van der Waals surface area (Å²) in [5.74, 6) is -0.839. The fraction of sp³-hybridized carbons (Fsp3) is 0.710. The maximum Gasteiger partial charge on any atom is 0.472 e. The standard InChI is InChI=1S/C62H108NO8P/c1-6-8-10-12-14-16-18-20-22-24-26-28-30-31-33-35-37-39-41-43-45-47-49-51-53-55-62(65)71-60(59-70-72(66,67)69-57-56-63(3,4)5)58-68-61(64)54-52-50-48-46-44-42-40-38-36-34-32-29-27-25-23-21-19-17-15-13-11-9-7-2/h8,10,14,16,20,22,25-28,31,33,37,39,43,45,60H,6-7,9,11-13,15,17-19,21,23-24,29-30,32,34-36,38,40-42,44,46-59H2,1-5H3/p+1/b10-8-,16-14-,22-20-,27-25-,28-26-,33-31-,39-37-,45-43-. The van der Waals surface area contributed by atoms with Gasteiger partial charge in [0.05, 0.1) is 27.7 Å². The van der Waals surface area contributed by atoms with Crippen molar-refractivity contribution in [3.8, 4) is 0 Å². The zero-order valence-electron chi connectivity index (χ0n) is 46.9. The normalized spacial score (nSPS) is 14.0. The molecule has 0 bridgehead atoms. The average molecular weight is 1030 g/mol. The molecule has 1 N–H and O–H groups in total. The summed E-state index contributed by atoms with van der Waals surface area (Å²) in [6.07, 6.45) is 71.9. The van der Waals surface area contributed by atoms with E-state index in [9.17, 15) is 19.0 Å². The Hall–Kier alpha value is -3.07. The van der Waals surface area contributed by atoms with E-state index in [-0.39, 0.29) is 32.0 Å². The second-order valence-corrected chi connectivity index (χ2v) is 21.7. The topological polar surface area (TPSA) is 108 Å². The summed E-state index contributed by atoms with van der Waals surface area (Å²) < 4.78 is 34.5. The number of nitrogens with zero attached hydrogens (tertiary/aromatic N) is 1. The summed E-state index contributed by atoms with van der Waals surface area (Å²) in [5.41, 5.74) is 0. The van der Waals surface area contributed by atoms with Gasteiger partial charge in [-0.3, -0.25) is 18.6 Å². The van der Waals surface area contributed by atoms with Crippen molar-refractivity contribution in [2.45, 2.75) is 238 Å². The summed E-state index contributed by atoms with van der Waals surface area (Å²) in [4.78, 5) is 35.7. The van der Waals surface area contributed by atoms with Crippen molar-refractivity contribution in [1.82, 2.24) is 0 Å². The molecule has 0 fully saturated rings. The van der Waals surface area contributed by atoms with Gasteiger partial charge in [-0.05, 0) is 96.3 Å². The average Bonchev–Trinajstić information content (AvgIpc) is 3.34. The molecule has 10 heteroatoms. The number of rotatable bonds is 52. The van der Waals surface area contributed by atoms with E-state index in [1.54, 1.807) is 0 Å². The van der Waals surface area contributed by atoms with Crippen molar-refractivity contribution in [1.29, 1.82) is 0 Å². The van der Waals surface area contributed by atoms with Crippen LogP contribution in [-0.4, -0.2) is 74.9 Å². The fourth-order valence-electron chi connectivity index (χ4n) is 7.64. The molecule has 72 heavy (non-hydrogen) atoms. The van der Waals surface area contributed by atoms with Crippen molar-refractivity contribution in [3.05, 3.63) is 97.2 Å². The van der Waals surface area contributed by atoms with E-state index < -0.39 is 26.5 Å². The third-order valence-electron chi connectivity index (χ3n) is 12.1. The maximum atomic E-state index is 12.8. The second kappa shape index (κ2) is 52.8. The molecule has 0 radical (unpaired) electrons. The molecular formula is C62H109NO8P+. The molecule has 0 spiro atoms. The molecule has 0 heterocycles. The third-order valence-corrected chi connectivity index (χ3v) is 13.1. The first-order chi connectivity index (χ1) is 35.0. The number of unbranched alkanes of at least 4 members (excludes halogenated alkanes) is 22. The van der Waals surface area contributed by atoms with Gasteiger partial charge in [0.1, 0.15) is 19.8 Å². The SMILES string of the molecule is CC/C=C\C/C=C\C/C=C\C/C=C\C/C=C\C/C=C\C/C=C\CCCCCC(=O)OC(COC(=O)CCCCCCCCCCCCC/C=C\CCCCCCCCCC)COP(=O)(O)OCC[N+](C)(C)C. The summed E-state index contributed by atoms with van der Waals surface area (Å²) in [7, 11) is 1.44. The Bertz CT molecular complexity index is 1540. The number of hydrogen-bond acceptors (Lipinski definition) is 7. The predicted molar refractivity (Wildman–Crippen MR) is 307 cm³/mol. The minimum absolute atomic E-state index is 0.0200. The van der Waals surface area contributed by atoms with E-state index >= 15 is 0 Å². The Morgan fingerprint density at radius 3 is 1.21 bits per heavy atom. The van der Waals surface area contributed by atoms with E-state index in [1.807, 2.05) is 21.1 Å². The summed E-state index contributed by atoms with van der Waals surface area (Å²) >= 11 is 0. The Morgan fingerprint density at radius 2 is 0.792 bits per heavy atom. The van der Waals surface area contributed by atoms with E-state index in [4.69, 9.17) is 18.5 Å². The van der Waals surface area contributed by atoms with Crippen LogP contribution in [-0.2, 0) is 32.7 Å². The van der Waals surface area contributed by atoms with Crippen LogP contribution in [0.25, 0.3) is 0 Å². The number of ether oxygens (including phenoxy) is 2. The molecule has 2 atom stereocenters. The Labute approximate surface area is 443 Å². The van der Waals surface area contributed by atoms with E-state index in [2.05, 4.69) is 111 Å². The lowest BCUT2D eigenvalue weighted by Gasteiger charge is -2.24. The molecule has 0 aliphatic heterocycles. The minimum Gasteiger partial charge on any atom is -0.462 e. The Kier molecular flexibility index (Phi) is 50.5. The number of hydrogen-bond donors (Lipinski definition) is 1. The van der Waals surface area contributed by atoms with Gasteiger partial charge in [0.15, 0.2) is 6.10 Å². The van der Waals surface area contributed by atoms with Gasteiger partial charge in [-0.15, -0.1) is 0 Å². The predicted octanol–water partition coefficient (Wildman–Crippen LogP) is 18.0. The van der Waals surface area contributed by atoms with Gasteiger partial charge in [-0.25, -0.2) is 4.57 Å². The van der Waals surface area contributed by atoms with Crippen molar-refractivity contribution >= 4 is 19.8 Å². The van der Waals surface area contributed by atoms with Crippen LogP contribution in [0.3, 0.4) is 0 Å². The highest BCUT2D eigenvalue weighted by Crippen LogP contribution is 2.43. The minimum atomic E-state index is -4.40. The van der Waals surface area contributed by atoms with Gasteiger partial charge in [0.25, 0.3) is 0 Å².